The summed E-state index contributed by atoms with van der Waals surface area (Å²) in [4.78, 5) is 3.78. The maximum atomic E-state index is 11.9. The lowest BCUT2D eigenvalue weighted by Crippen LogP contribution is -2.37. The lowest BCUT2D eigenvalue weighted by molar-refractivity contribution is 0.542. The zero-order chi connectivity index (χ0) is 13.1. The summed E-state index contributed by atoms with van der Waals surface area (Å²) in [6.45, 7) is 1.83. The second-order valence-electron chi connectivity index (χ2n) is 3.83. The second kappa shape index (κ2) is 5.28. The van der Waals surface area contributed by atoms with E-state index in [1.54, 1.807) is 11.6 Å². The van der Waals surface area contributed by atoms with Gasteiger partial charge < -0.3 is 10.3 Å². The molecule has 0 amide bonds. The van der Waals surface area contributed by atoms with Crippen LogP contribution < -0.4 is 10.5 Å². The van der Waals surface area contributed by atoms with Crippen LogP contribution in [0.4, 0.5) is 0 Å². The number of hydrogen-bond acceptors (Lipinski definition) is 4. The first-order chi connectivity index (χ1) is 7.85. The van der Waals surface area contributed by atoms with E-state index in [0.717, 1.165) is 0 Å². The maximum absolute atomic E-state index is 11.9. The van der Waals surface area contributed by atoms with E-state index in [1.807, 2.05) is 6.92 Å². The van der Waals surface area contributed by atoms with E-state index < -0.39 is 10.0 Å². The van der Waals surface area contributed by atoms with Crippen LogP contribution in [0.1, 0.15) is 19.8 Å². The lowest BCUT2D eigenvalue weighted by Gasteiger charge is -2.15. The van der Waals surface area contributed by atoms with Crippen LogP contribution in [0, 0.1) is 5.41 Å². The Balaban J connectivity index is 2.81. The van der Waals surface area contributed by atoms with Gasteiger partial charge in [-0.15, -0.1) is 0 Å². The molecule has 1 aromatic rings. The van der Waals surface area contributed by atoms with Crippen LogP contribution in [-0.4, -0.2) is 29.8 Å². The van der Waals surface area contributed by atoms with Gasteiger partial charge in [0.15, 0.2) is 5.03 Å². The zero-order valence-electron chi connectivity index (χ0n) is 9.84. The maximum Gasteiger partial charge on any atom is 0.259 e. The first-order valence-corrected chi connectivity index (χ1v) is 6.66. The van der Waals surface area contributed by atoms with E-state index in [9.17, 15) is 8.42 Å². The molecule has 96 valence electrons. The fourth-order valence-corrected chi connectivity index (χ4v) is 2.64. The molecule has 1 rings (SSSR count). The van der Waals surface area contributed by atoms with Gasteiger partial charge in [0, 0.05) is 25.7 Å². The van der Waals surface area contributed by atoms with Crippen molar-refractivity contribution in [2.45, 2.75) is 30.8 Å². The van der Waals surface area contributed by atoms with E-state index in [4.69, 9.17) is 11.1 Å². The molecule has 1 aromatic heterocycles. The van der Waals surface area contributed by atoms with Gasteiger partial charge in [-0.2, -0.15) is 0 Å². The van der Waals surface area contributed by atoms with Crippen LogP contribution >= 0.6 is 0 Å². The Labute approximate surface area is 101 Å². The normalized spacial score (nSPS) is 13.5. The molecule has 0 aromatic carbocycles. The fraction of sp³-hybridized carbons (Fsp3) is 0.556. The number of nitrogens with one attached hydrogen (secondary N) is 2. The summed E-state index contributed by atoms with van der Waals surface area (Å²) in [6.07, 6.45) is 3.59. The Hall–Kier alpha value is -1.41. The molecule has 0 aliphatic rings. The van der Waals surface area contributed by atoms with Crippen LogP contribution in [0.15, 0.2) is 17.6 Å². The van der Waals surface area contributed by atoms with Gasteiger partial charge in [0.05, 0.1) is 12.2 Å². The number of aromatic nitrogens is 2. The van der Waals surface area contributed by atoms with Crippen molar-refractivity contribution in [2.24, 2.45) is 12.8 Å². The predicted molar refractivity (Wildman–Crippen MR) is 64.1 cm³/mol. The third-order valence-electron chi connectivity index (χ3n) is 2.24. The Bertz CT molecular complexity index is 493. The molecule has 1 unspecified atom stereocenters. The number of aryl methyl sites for hydroxylation is 1. The average Bonchev–Trinajstić information content (AvgIpc) is 2.63. The molecule has 0 aliphatic carbocycles. The van der Waals surface area contributed by atoms with Gasteiger partial charge in [-0.3, -0.25) is 5.41 Å². The highest BCUT2D eigenvalue weighted by atomic mass is 32.2. The number of hydrogen-bond donors (Lipinski definition) is 3. The molecule has 0 fully saturated rings. The highest BCUT2D eigenvalue weighted by Crippen LogP contribution is 2.07. The molecule has 1 atom stereocenters. The van der Waals surface area contributed by atoms with Gasteiger partial charge in [-0.1, -0.05) is 6.92 Å². The molecule has 17 heavy (non-hydrogen) atoms. The molecule has 0 bridgehead atoms. The molecular weight excluding hydrogens is 242 g/mol. The summed E-state index contributed by atoms with van der Waals surface area (Å²) >= 11 is 0. The first kappa shape index (κ1) is 13.7. The van der Waals surface area contributed by atoms with Gasteiger partial charge in [0.2, 0.25) is 0 Å². The Morgan fingerprint density at radius 1 is 1.71 bits per heavy atom. The average molecular weight is 259 g/mol. The number of rotatable bonds is 6. The van der Waals surface area contributed by atoms with Crippen LogP contribution in [0.2, 0.25) is 0 Å². The molecule has 7 nitrogen and oxygen atoms in total. The van der Waals surface area contributed by atoms with Crippen molar-refractivity contribution in [2.75, 3.05) is 0 Å². The predicted octanol–water partition coefficient (Wildman–Crippen LogP) is -0.197. The summed E-state index contributed by atoms with van der Waals surface area (Å²) < 4.78 is 27.8. The lowest BCUT2D eigenvalue weighted by atomic mass is 10.1. The third-order valence-corrected chi connectivity index (χ3v) is 3.64. The van der Waals surface area contributed by atoms with Crippen molar-refractivity contribution >= 4 is 15.9 Å². The van der Waals surface area contributed by atoms with E-state index in [-0.39, 0.29) is 23.3 Å². The summed E-state index contributed by atoms with van der Waals surface area (Å²) in [5.41, 5.74) is 5.26. The molecule has 0 saturated heterocycles. The largest absolute Gasteiger partial charge is 0.388 e. The van der Waals surface area contributed by atoms with E-state index in [0.29, 0.717) is 6.42 Å². The summed E-state index contributed by atoms with van der Waals surface area (Å²) in [7, 11) is -1.94. The number of nitrogens with zero attached hydrogens (tertiary/aromatic N) is 2. The standard InChI is InChI=1S/C9H17N5O2S/c1-3-7(4-8(10)11)13-17(15,16)9-5-14(2)6-12-9/h5-7,13H,3-4H2,1-2H3,(H3,10,11). The fourth-order valence-electron chi connectivity index (χ4n) is 1.34. The van der Waals surface area contributed by atoms with Crippen molar-refractivity contribution in [3.05, 3.63) is 12.5 Å². The van der Waals surface area contributed by atoms with E-state index in [2.05, 4.69) is 9.71 Å². The van der Waals surface area contributed by atoms with Crippen molar-refractivity contribution in [3.8, 4) is 0 Å². The van der Waals surface area contributed by atoms with Gasteiger partial charge in [-0.05, 0) is 6.42 Å². The van der Waals surface area contributed by atoms with Gasteiger partial charge in [0.25, 0.3) is 10.0 Å². The van der Waals surface area contributed by atoms with Gasteiger partial charge in [0.1, 0.15) is 0 Å². The number of imidazole rings is 1. The molecule has 0 radical (unpaired) electrons. The van der Waals surface area contributed by atoms with Crippen molar-refractivity contribution in [1.82, 2.24) is 14.3 Å². The minimum Gasteiger partial charge on any atom is -0.388 e. The van der Waals surface area contributed by atoms with Crippen LogP contribution in [0.25, 0.3) is 0 Å². The first-order valence-electron chi connectivity index (χ1n) is 5.18. The Morgan fingerprint density at radius 2 is 2.35 bits per heavy atom. The Kier molecular flexibility index (Phi) is 4.24. The van der Waals surface area contributed by atoms with E-state index >= 15 is 0 Å². The van der Waals surface area contributed by atoms with Gasteiger partial charge in [-0.25, -0.2) is 18.1 Å². The molecule has 4 N–H and O–H groups in total. The number of amidine groups is 1. The number of sulfonamides is 1. The minimum atomic E-state index is -3.63. The van der Waals surface area contributed by atoms with Crippen LogP contribution in [0.3, 0.4) is 0 Å². The minimum absolute atomic E-state index is 0.0259. The molecule has 0 spiro atoms. The molecule has 1 heterocycles. The van der Waals surface area contributed by atoms with Crippen LogP contribution in [-0.2, 0) is 17.1 Å². The molecule has 8 heteroatoms. The Morgan fingerprint density at radius 3 is 2.76 bits per heavy atom. The summed E-state index contributed by atoms with van der Waals surface area (Å²) in [5.74, 6) is -0.0411. The topological polar surface area (TPSA) is 114 Å². The van der Waals surface area contributed by atoms with Crippen LogP contribution in [0.5, 0.6) is 0 Å². The molecular formula is C9H17N5O2S. The summed E-state index contributed by atoms with van der Waals surface area (Å²) in [6, 6.07) is -0.375. The SMILES string of the molecule is CCC(CC(=N)N)NS(=O)(=O)c1cn(C)cn1. The highest BCUT2D eigenvalue weighted by molar-refractivity contribution is 7.89. The molecule has 0 saturated carbocycles. The highest BCUT2D eigenvalue weighted by Gasteiger charge is 2.21. The van der Waals surface area contributed by atoms with Crippen molar-refractivity contribution in [1.29, 1.82) is 5.41 Å². The van der Waals surface area contributed by atoms with Gasteiger partial charge >= 0.3 is 0 Å². The number of nitrogens with two attached hydrogens (primary N) is 1. The van der Waals surface area contributed by atoms with Crippen molar-refractivity contribution < 1.29 is 8.42 Å². The quantitative estimate of drug-likeness (QED) is 0.485. The van der Waals surface area contributed by atoms with E-state index in [1.165, 1.54) is 12.5 Å². The molecule has 0 aliphatic heterocycles. The monoisotopic (exact) mass is 259 g/mol. The summed E-state index contributed by atoms with van der Waals surface area (Å²) in [5, 5.41) is 7.14. The zero-order valence-corrected chi connectivity index (χ0v) is 10.7. The van der Waals surface area contributed by atoms with Crippen molar-refractivity contribution in [3.63, 3.8) is 0 Å². The third kappa shape index (κ3) is 3.82. The second-order valence-corrected chi connectivity index (χ2v) is 5.49. The smallest absolute Gasteiger partial charge is 0.259 e.